The Hall–Kier alpha value is -2.89. The van der Waals surface area contributed by atoms with Crippen molar-refractivity contribution in [3.05, 3.63) is 54.4 Å². The van der Waals surface area contributed by atoms with Gasteiger partial charge in [-0.25, -0.2) is 9.37 Å². The molecule has 1 aliphatic carbocycles. The number of halogens is 1. The predicted molar refractivity (Wildman–Crippen MR) is 107 cm³/mol. The van der Waals surface area contributed by atoms with Gasteiger partial charge in [0.15, 0.2) is 0 Å². The number of allylic oxidation sites excluding steroid dienone is 2. The van der Waals surface area contributed by atoms with Crippen molar-refractivity contribution in [3.63, 3.8) is 0 Å². The molecule has 1 aromatic carbocycles. The molecule has 6 heteroatoms. The molecule has 2 aliphatic heterocycles. The molecule has 1 amide bonds. The summed E-state index contributed by atoms with van der Waals surface area (Å²) >= 11 is 0. The Bertz CT molecular complexity index is 1040. The van der Waals surface area contributed by atoms with Gasteiger partial charge in [-0.05, 0) is 44.4 Å². The molecule has 0 unspecified atom stereocenters. The number of fused-ring (bicyclic) bond motifs is 1. The molecule has 2 aromatic rings. The van der Waals surface area contributed by atoms with Crippen LogP contribution in [0, 0.1) is 0 Å². The summed E-state index contributed by atoms with van der Waals surface area (Å²) in [5.74, 6) is -0.00785. The van der Waals surface area contributed by atoms with Gasteiger partial charge in [0, 0.05) is 36.7 Å². The zero-order valence-electron chi connectivity index (χ0n) is 16.3. The number of benzene rings is 1. The van der Waals surface area contributed by atoms with E-state index in [9.17, 15) is 9.18 Å². The highest BCUT2D eigenvalue weighted by Gasteiger charge is 2.49. The molecule has 1 fully saturated rings. The number of carbonyl (C=O) groups is 1. The number of amides is 1. The fourth-order valence-corrected chi connectivity index (χ4v) is 4.11. The molecule has 3 aliphatic rings. The number of carbonyl (C=O) groups excluding carboxylic acids is 1. The molecule has 1 saturated carbocycles. The lowest BCUT2D eigenvalue weighted by atomic mass is 9.86. The summed E-state index contributed by atoms with van der Waals surface area (Å²) in [5, 5.41) is 0. The molecule has 0 saturated heterocycles. The van der Waals surface area contributed by atoms with E-state index >= 15 is 0 Å². The molecule has 5 nitrogen and oxygen atoms in total. The first-order valence-corrected chi connectivity index (χ1v) is 9.66. The predicted octanol–water partition coefficient (Wildman–Crippen LogP) is 3.93. The summed E-state index contributed by atoms with van der Waals surface area (Å²) in [6, 6.07) is 6.43. The van der Waals surface area contributed by atoms with Crippen molar-refractivity contribution in [1.82, 2.24) is 14.5 Å². The Morgan fingerprint density at radius 2 is 2.04 bits per heavy atom. The van der Waals surface area contributed by atoms with Gasteiger partial charge in [0.2, 0.25) is 5.91 Å². The number of likely N-dealkylation sites (N-methyl/N-ethyl adjacent to an activating group) is 1. The maximum Gasteiger partial charge on any atom is 0.237 e. The quantitative estimate of drug-likeness (QED) is 0.813. The first-order valence-electron chi connectivity index (χ1n) is 9.66. The average molecular weight is 378 g/mol. The number of hydrogen-bond acceptors (Lipinski definition) is 3. The standard InChI is InChI=1S/C22H23FN4O/c1-22(2)16-7-4-14(10-20(16)27(21(22)28)15-5-6-15)18-12-26(13-24-18)19-8-9-25(3)11-17(19)23/h4,7-10,12-13,15H,5-6,11H2,1-3H3. The zero-order chi connectivity index (χ0) is 19.6. The summed E-state index contributed by atoms with van der Waals surface area (Å²) < 4.78 is 16.1. The summed E-state index contributed by atoms with van der Waals surface area (Å²) in [6.07, 6.45) is 9.22. The normalized spacial score (nSPS) is 20.9. The van der Waals surface area contributed by atoms with Gasteiger partial charge in [-0.3, -0.25) is 4.79 Å². The monoisotopic (exact) mass is 378 g/mol. The van der Waals surface area contributed by atoms with Gasteiger partial charge in [0.05, 0.1) is 29.7 Å². The topological polar surface area (TPSA) is 41.4 Å². The molecule has 28 heavy (non-hydrogen) atoms. The minimum Gasteiger partial charge on any atom is -0.374 e. The Morgan fingerprint density at radius 1 is 1.25 bits per heavy atom. The van der Waals surface area contributed by atoms with Crippen molar-refractivity contribution in [2.75, 3.05) is 18.5 Å². The van der Waals surface area contributed by atoms with E-state index < -0.39 is 5.41 Å². The second-order valence-electron chi connectivity index (χ2n) is 8.45. The number of anilines is 1. The molecule has 3 heterocycles. The third-order valence-electron chi connectivity index (χ3n) is 5.91. The molecule has 0 spiro atoms. The smallest absolute Gasteiger partial charge is 0.237 e. The van der Waals surface area contributed by atoms with Crippen molar-refractivity contribution >= 4 is 17.3 Å². The highest BCUT2D eigenvalue weighted by atomic mass is 19.1. The van der Waals surface area contributed by atoms with Crippen LogP contribution in [0.15, 0.2) is 48.8 Å². The van der Waals surface area contributed by atoms with Crippen LogP contribution in [0.4, 0.5) is 10.1 Å². The number of aromatic nitrogens is 2. The van der Waals surface area contributed by atoms with E-state index in [4.69, 9.17) is 0 Å². The molecule has 144 valence electrons. The maximum atomic E-state index is 14.3. The lowest BCUT2D eigenvalue weighted by Gasteiger charge is -2.19. The largest absolute Gasteiger partial charge is 0.374 e. The summed E-state index contributed by atoms with van der Waals surface area (Å²) in [6.45, 7) is 4.24. The van der Waals surface area contributed by atoms with Crippen molar-refractivity contribution in [2.24, 2.45) is 0 Å². The van der Waals surface area contributed by atoms with Crippen molar-refractivity contribution in [2.45, 2.75) is 38.1 Å². The molecule has 0 N–H and O–H groups in total. The number of hydrogen-bond donors (Lipinski definition) is 0. The number of rotatable bonds is 3. The first-order chi connectivity index (χ1) is 13.4. The number of nitrogens with zero attached hydrogens (tertiary/aromatic N) is 4. The third kappa shape index (κ3) is 2.51. The van der Waals surface area contributed by atoms with Crippen LogP contribution in [0.1, 0.15) is 32.3 Å². The van der Waals surface area contributed by atoms with E-state index in [1.807, 2.05) is 50.3 Å². The molecule has 0 bridgehead atoms. The van der Waals surface area contributed by atoms with Gasteiger partial charge in [-0.2, -0.15) is 0 Å². The van der Waals surface area contributed by atoms with E-state index in [0.29, 0.717) is 11.7 Å². The van der Waals surface area contributed by atoms with Crippen molar-refractivity contribution < 1.29 is 9.18 Å². The van der Waals surface area contributed by atoms with Gasteiger partial charge in [-0.1, -0.05) is 12.1 Å². The van der Waals surface area contributed by atoms with E-state index in [2.05, 4.69) is 11.1 Å². The van der Waals surface area contributed by atoms with E-state index in [0.717, 1.165) is 35.3 Å². The van der Waals surface area contributed by atoms with Crippen LogP contribution in [0.3, 0.4) is 0 Å². The minimum atomic E-state index is -0.497. The van der Waals surface area contributed by atoms with Gasteiger partial charge in [0.25, 0.3) is 0 Å². The second-order valence-corrected chi connectivity index (χ2v) is 8.45. The van der Waals surface area contributed by atoms with E-state index in [1.54, 1.807) is 21.9 Å². The molecule has 5 rings (SSSR count). The van der Waals surface area contributed by atoms with Gasteiger partial charge in [-0.15, -0.1) is 0 Å². The van der Waals surface area contributed by atoms with Crippen LogP contribution in [-0.4, -0.2) is 40.0 Å². The fraction of sp³-hybridized carbons (Fsp3) is 0.364. The van der Waals surface area contributed by atoms with Crippen molar-refractivity contribution in [3.8, 4) is 11.3 Å². The summed E-state index contributed by atoms with van der Waals surface area (Å²) in [5.41, 5.74) is 3.78. The van der Waals surface area contributed by atoms with Gasteiger partial charge in [0.1, 0.15) is 5.83 Å². The molecule has 1 aromatic heterocycles. The Labute approximate surface area is 163 Å². The number of imidazole rings is 1. The summed E-state index contributed by atoms with van der Waals surface area (Å²) in [7, 11) is 1.84. The molecule has 0 radical (unpaired) electrons. The second kappa shape index (κ2) is 5.80. The average Bonchev–Trinajstić information content (AvgIpc) is 3.32. The molecular weight excluding hydrogens is 355 g/mol. The van der Waals surface area contributed by atoms with E-state index in [1.165, 1.54) is 0 Å². The van der Waals surface area contributed by atoms with Crippen LogP contribution >= 0.6 is 0 Å². The summed E-state index contributed by atoms with van der Waals surface area (Å²) in [4.78, 5) is 21.2. The highest BCUT2D eigenvalue weighted by Crippen LogP contribution is 2.47. The fourth-order valence-electron chi connectivity index (χ4n) is 4.11. The Morgan fingerprint density at radius 3 is 2.75 bits per heavy atom. The van der Waals surface area contributed by atoms with Crippen LogP contribution in [-0.2, 0) is 10.2 Å². The molecule has 0 atom stereocenters. The zero-order valence-corrected chi connectivity index (χ0v) is 16.3. The van der Waals surface area contributed by atoms with Crippen LogP contribution < -0.4 is 4.90 Å². The first kappa shape index (κ1) is 17.2. The Kier molecular flexibility index (Phi) is 3.57. The van der Waals surface area contributed by atoms with Gasteiger partial charge >= 0.3 is 0 Å². The van der Waals surface area contributed by atoms with Crippen LogP contribution in [0.5, 0.6) is 0 Å². The van der Waals surface area contributed by atoms with Crippen molar-refractivity contribution in [1.29, 1.82) is 0 Å². The lowest BCUT2D eigenvalue weighted by molar-refractivity contribution is -0.122. The molecular formula is C22H23FN4O. The lowest BCUT2D eigenvalue weighted by Crippen LogP contribution is -2.37. The van der Waals surface area contributed by atoms with Gasteiger partial charge < -0.3 is 14.4 Å². The minimum absolute atomic E-state index is 0.177. The highest BCUT2D eigenvalue weighted by molar-refractivity contribution is 6.08. The van der Waals surface area contributed by atoms with E-state index in [-0.39, 0.29) is 18.3 Å². The SMILES string of the molecule is CN1C=CC(n2cnc(-c3ccc4c(c3)N(C3CC3)C(=O)C4(C)C)c2)=C(F)C1. The van der Waals surface area contributed by atoms with Crippen LogP contribution in [0.25, 0.3) is 17.0 Å². The van der Waals surface area contributed by atoms with Crippen LogP contribution in [0.2, 0.25) is 0 Å². The Balaban J connectivity index is 1.53. The third-order valence-corrected chi connectivity index (χ3v) is 5.91. The maximum absolute atomic E-state index is 14.3.